The van der Waals surface area contributed by atoms with Gasteiger partial charge in [0.1, 0.15) is 0 Å². The van der Waals surface area contributed by atoms with Gasteiger partial charge in [-0.25, -0.2) is 14.9 Å². The van der Waals surface area contributed by atoms with Gasteiger partial charge in [0.15, 0.2) is 0 Å². The van der Waals surface area contributed by atoms with Crippen molar-refractivity contribution in [3.05, 3.63) is 95.1 Å². The molecule has 3 aromatic carbocycles. The molecular formula is C25H22N4O2. The van der Waals surface area contributed by atoms with Gasteiger partial charge in [-0.1, -0.05) is 54.6 Å². The van der Waals surface area contributed by atoms with E-state index in [0.29, 0.717) is 24.6 Å². The lowest BCUT2D eigenvalue weighted by Crippen LogP contribution is -2.32. The van der Waals surface area contributed by atoms with Crippen molar-refractivity contribution in [3.8, 4) is 17.2 Å². The zero-order chi connectivity index (χ0) is 21.4. The molecule has 0 bridgehead atoms. The average Bonchev–Trinajstić information content (AvgIpc) is 3.01. The third kappa shape index (κ3) is 3.44. The van der Waals surface area contributed by atoms with Crippen molar-refractivity contribution in [2.75, 3.05) is 7.05 Å². The molecule has 1 unspecified atom stereocenters. The molecule has 6 nitrogen and oxygen atoms in total. The third-order valence-electron chi connectivity index (χ3n) is 5.83. The highest BCUT2D eigenvalue weighted by molar-refractivity contribution is 5.79. The van der Waals surface area contributed by atoms with E-state index in [2.05, 4.69) is 24.3 Å². The largest absolute Gasteiger partial charge is 0.369 e. The molecule has 2 N–H and O–H groups in total. The molecule has 1 spiro atoms. The first-order chi connectivity index (χ1) is 15.1. The molecule has 6 heteroatoms. The maximum absolute atomic E-state index is 9.28. The minimum Gasteiger partial charge on any atom is -0.369 e. The quantitative estimate of drug-likeness (QED) is 0.683. The molecule has 0 radical (unpaired) electrons. The molecule has 0 saturated carbocycles. The number of nitriles is 1. The fourth-order valence-electron chi connectivity index (χ4n) is 4.25. The van der Waals surface area contributed by atoms with E-state index in [9.17, 15) is 5.26 Å². The molecule has 0 amide bonds. The zero-order valence-corrected chi connectivity index (χ0v) is 17.2. The smallest absolute Gasteiger partial charge is 0.218 e. The molecule has 2 atom stereocenters. The van der Waals surface area contributed by atoms with Crippen LogP contribution in [0.15, 0.2) is 77.8 Å². The van der Waals surface area contributed by atoms with Gasteiger partial charge in [0.05, 0.1) is 24.3 Å². The number of hydroxylamine groups is 2. The summed E-state index contributed by atoms with van der Waals surface area (Å²) < 4.78 is 6.30. The zero-order valence-electron chi connectivity index (χ0n) is 17.2. The molecule has 0 fully saturated rings. The summed E-state index contributed by atoms with van der Waals surface area (Å²) in [7, 11) is 1.76. The predicted octanol–water partition coefficient (Wildman–Crippen LogP) is 4.23. The van der Waals surface area contributed by atoms with Gasteiger partial charge in [0.2, 0.25) is 11.7 Å². The Morgan fingerprint density at radius 2 is 1.87 bits per heavy atom. The summed E-state index contributed by atoms with van der Waals surface area (Å²) in [6, 6.07) is 26.0. The maximum atomic E-state index is 9.28. The van der Waals surface area contributed by atoms with Crippen molar-refractivity contribution in [2.45, 2.75) is 24.9 Å². The highest BCUT2D eigenvalue weighted by atomic mass is 16.7. The van der Waals surface area contributed by atoms with Gasteiger partial charge in [0.25, 0.3) is 0 Å². The average molecular weight is 410 g/mol. The van der Waals surface area contributed by atoms with Gasteiger partial charge in [-0.3, -0.25) is 0 Å². The van der Waals surface area contributed by atoms with Gasteiger partial charge < -0.3 is 10.5 Å². The number of ether oxygens (including phenoxy) is 1. The molecule has 31 heavy (non-hydrogen) atoms. The Morgan fingerprint density at radius 3 is 2.61 bits per heavy atom. The lowest BCUT2D eigenvalue weighted by atomic mass is 9.89. The Balaban J connectivity index is 1.63. The molecular weight excluding hydrogens is 388 g/mol. The Hall–Kier alpha value is -3.66. The lowest BCUT2D eigenvalue weighted by Gasteiger charge is -2.29. The number of hydrogen-bond donors (Lipinski definition) is 1. The van der Waals surface area contributed by atoms with E-state index in [-0.39, 0.29) is 6.10 Å². The molecule has 2 aliphatic heterocycles. The maximum Gasteiger partial charge on any atom is 0.218 e. The number of benzene rings is 3. The Morgan fingerprint density at radius 1 is 1.06 bits per heavy atom. The number of nitrogens with zero attached hydrogens (tertiary/aromatic N) is 3. The van der Waals surface area contributed by atoms with Crippen LogP contribution in [0.3, 0.4) is 0 Å². The van der Waals surface area contributed by atoms with Gasteiger partial charge >= 0.3 is 0 Å². The van der Waals surface area contributed by atoms with Crippen LogP contribution in [0.25, 0.3) is 11.1 Å². The monoisotopic (exact) mass is 410 g/mol. The van der Waals surface area contributed by atoms with Gasteiger partial charge in [-0.15, -0.1) is 0 Å². The van der Waals surface area contributed by atoms with Crippen molar-refractivity contribution >= 4 is 5.96 Å². The highest BCUT2D eigenvalue weighted by Crippen LogP contribution is 2.46. The van der Waals surface area contributed by atoms with E-state index in [1.807, 2.05) is 48.5 Å². The Kier molecular flexibility index (Phi) is 4.70. The molecule has 2 aliphatic rings. The summed E-state index contributed by atoms with van der Waals surface area (Å²) in [5, 5.41) is 10.8. The molecule has 0 aromatic heterocycles. The van der Waals surface area contributed by atoms with Crippen molar-refractivity contribution in [1.82, 2.24) is 5.06 Å². The van der Waals surface area contributed by atoms with Crippen LogP contribution in [0, 0.1) is 11.3 Å². The van der Waals surface area contributed by atoms with E-state index < -0.39 is 5.72 Å². The lowest BCUT2D eigenvalue weighted by molar-refractivity contribution is -0.186. The minimum atomic E-state index is -0.978. The van der Waals surface area contributed by atoms with Crippen molar-refractivity contribution < 1.29 is 9.57 Å². The molecule has 0 saturated heterocycles. The van der Waals surface area contributed by atoms with Crippen LogP contribution in [0.2, 0.25) is 0 Å². The summed E-state index contributed by atoms with van der Waals surface area (Å²) in [5.41, 5.74) is 10.7. The summed E-state index contributed by atoms with van der Waals surface area (Å²) in [6.45, 7) is 0.442. The van der Waals surface area contributed by atoms with E-state index in [0.717, 1.165) is 27.8 Å². The number of nitrogens with two attached hydrogens (primary N) is 1. The number of rotatable bonds is 2. The van der Waals surface area contributed by atoms with E-state index in [4.69, 9.17) is 20.3 Å². The van der Waals surface area contributed by atoms with E-state index >= 15 is 0 Å². The minimum absolute atomic E-state index is 0.193. The van der Waals surface area contributed by atoms with Crippen LogP contribution < -0.4 is 5.73 Å². The Bertz CT molecular complexity index is 1200. The summed E-state index contributed by atoms with van der Waals surface area (Å²) in [5.74, 6) is 0.330. The van der Waals surface area contributed by atoms with Crippen LogP contribution in [-0.4, -0.2) is 18.1 Å². The summed E-state index contributed by atoms with van der Waals surface area (Å²) >= 11 is 0. The van der Waals surface area contributed by atoms with Crippen LogP contribution in [0.1, 0.15) is 34.8 Å². The van der Waals surface area contributed by atoms with Crippen molar-refractivity contribution in [3.63, 3.8) is 0 Å². The number of hydrogen-bond acceptors (Lipinski definition) is 6. The van der Waals surface area contributed by atoms with Crippen molar-refractivity contribution in [2.24, 2.45) is 10.7 Å². The summed E-state index contributed by atoms with van der Waals surface area (Å²) in [6.07, 6.45) is 0.304. The standard InChI is InChI=1S/C25H22N4O2/c1-29-24(27)28-25(31-29)14-23(18-7-3-2-4-8-18)30-16-21-11-10-20(13-22(21)25)19-9-5-6-17(12-19)15-26/h2-13,23H,14,16H2,1H3,(H2,27,28)/t23-,25?/m0/s1. The fraction of sp³-hybridized carbons (Fsp3) is 0.200. The molecule has 154 valence electrons. The van der Waals surface area contributed by atoms with Crippen LogP contribution in [0.5, 0.6) is 0 Å². The van der Waals surface area contributed by atoms with Crippen LogP contribution >= 0.6 is 0 Å². The van der Waals surface area contributed by atoms with Gasteiger partial charge in [-0.2, -0.15) is 5.26 Å². The topological polar surface area (TPSA) is 83.9 Å². The predicted molar refractivity (Wildman–Crippen MR) is 117 cm³/mol. The van der Waals surface area contributed by atoms with Gasteiger partial charge in [0, 0.05) is 19.0 Å². The van der Waals surface area contributed by atoms with Crippen LogP contribution in [0.4, 0.5) is 0 Å². The first-order valence-electron chi connectivity index (χ1n) is 10.2. The summed E-state index contributed by atoms with van der Waals surface area (Å²) in [4.78, 5) is 11.0. The number of guanidine groups is 1. The number of aliphatic imine (C=N–C) groups is 1. The van der Waals surface area contributed by atoms with Crippen molar-refractivity contribution in [1.29, 1.82) is 5.26 Å². The molecule has 0 aliphatic carbocycles. The second-order valence-corrected chi connectivity index (χ2v) is 7.82. The van der Waals surface area contributed by atoms with Crippen LogP contribution in [-0.2, 0) is 21.9 Å². The number of fused-ring (bicyclic) bond motifs is 2. The normalized spacial score (nSPS) is 22.5. The second kappa shape index (κ2) is 7.55. The first-order valence-corrected chi connectivity index (χ1v) is 10.2. The molecule has 2 heterocycles. The van der Waals surface area contributed by atoms with E-state index in [1.165, 1.54) is 5.06 Å². The highest BCUT2D eigenvalue weighted by Gasteiger charge is 2.46. The molecule has 3 aromatic rings. The van der Waals surface area contributed by atoms with E-state index in [1.54, 1.807) is 13.1 Å². The van der Waals surface area contributed by atoms with Gasteiger partial charge in [-0.05, 0) is 40.5 Å². The molecule has 5 rings (SSSR count). The first kappa shape index (κ1) is 19.3. The Labute approximate surface area is 181 Å². The second-order valence-electron chi connectivity index (χ2n) is 7.82. The SMILES string of the molecule is CN1OC2(C[C@@H](c3ccccc3)OCc3ccc(-c4cccc(C#N)c4)cc32)N=C1N. The fourth-order valence-corrected chi connectivity index (χ4v) is 4.25. The third-order valence-corrected chi connectivity index (χ3v) is 5.83.